The van der Waals surface area contributed by atoms with E-state index in [1.165, 1.54) is 31.3 Å². The maximum absolute atomic E-state index is 13.3. The number of Topliss-reactive ketones (excluding diaryl/α,β-unsaturated/α-hetero) is 1. The van der Waals surface area contributed by atoms with Crippen molar-refractivity contribution in [3.63, 3.8) is 0 Å². The maximum Gasteiger partial charge on any atom is 0.300 e. The summed E-state index contributed by atoms with van der Waals surface area (Å²) in [5.74, 6) is -1.03. The molecule has 0 aromatic heterocycles. The zero-order valence-electron chi connectivity index (χ0n) is 18.7. The number of nitrogens with zero attached hydrogens (tertiary/aromatic N) is 1. The average molecular weight is 480 g/mol. The van der Waals surface area contributed by atoms with Crippen LogP contribution in [0.3, 0.4) is 0 Å². The molecule has 1 atom stereocenters. The van der Waals surface area contributed by atoms with E-state index < -0.39 is 17.7 Å². The first-order valence-corrected chi connectivity index (χ1v) is 10.7. The Morgan fingerprint density at radius 3 is 2.32 bits per heavy atom. The minimum Gasteiger partial charge on any atom is -0.507 e. The number of aliphatic hydroxyl groups is 1. The fraction of sp³-hybridized carbons (Fsp3) is 0.154. The lowest BCUT2D eigenvalue weighted by Crippen LogP contribution is -2.29. The van der Waals surface area contributed by atoms with E-state index in [2.05, 4.69) is 0 Å². The summed E-state index contributed by atoms with van der Waals surface area (Å²) in [6.07, 6.45) is 0. The van der Waals surface area contributed by atoms with Gasteiger partial charge in [-0.1, -0.05) is 23.7 Å². The van der Waals surface area contributed by atoms with Gasteiger partial charge in [0.05, 0.1) is 30.9 Å². The van der Waals surface area contributed by atoms with E-state index in [4.69, 9.17) is 21.1 Å². The molecule has 34 heavy (non-hydrogen) atoms. The lowest BCUT2D eigenvalue weighted by Gasteiger charge is -2.26. The maximum atomic E-state index is 13.3. The molecule has 0 bridgehead atoms. The van der Waals surface area contributed by atoms with Crippen molar-refractivity contribution in [3.05, 3.63) is 87.9 Å². The molecule has 1 aliphatic rings. The number of aliphatic hydroxyl groups excluding tert-OH is 1. The number of carbonyl (C=O) groups excluding carboxylic acids is 2. The molecule has 3 aromatic carbocycles. The van der Waals surface area contributed by atoms with Crippen LogP contribution in [0.1, 0.15) is 22.7 Å². The Kier molecular flexibility index (Phi) is 6.22. The second-order valence-electron chi connectivity index (χ2n) is 7.76. The van der Waals surface area contributed by atoms with E-state index in [0.717, 1.165) is 0 Å². The molecule has 1 saturated heterocycles. The van der Waals surface area contributed by atoms with Gasteiger partial charge < -0.3 is 19.7 Å². The number of ether oxygens (including phenoxy) is 2. The second-order valence-corrected chi connectivity index (χ2v) is 8.17. The molecule has 2 N–H and O–H groups in total. The van der Waals surface area contributed by atoms with E-state index in [9.17, 15) is 19.8 Å². The van der Waals surface area contributed by atoms with Gasteiger partial charge >= 0.3 is 0 Å². The summed E-state index contributed by atoms with van der Waals surface area (Å²) in [4.78, 5) is 27.8. The van der Waals surface area contributed by atoms with E-state index in [0.29, 0.717) is 33.9 Å². The van der Waals surface area contributed by atoms with Gasteiger partial charge in [0.25, 0.3) is 11.7 Å². The second kappa shape index (κ2) is 9.11. The summed E-state index contributed by atoms with van der Waals surface area (Å²) in [5.41, 5.74) is 1.80. The lowest BCUT2D eigenvalue weighted by atomic mass is 9.93. The van der Waals surface area contributed by atoms with Crippen LogP contribution < -0.4 is 14.4 Å². The number of anilines is 1. The standard InChI is InChI=1S/C26H22ClNO6/c1-14-11-18(34-3)8-9-19(14)24(30)22-23(15-7-10-21(29)20(27)12-15)28(26(32)25(22)31)16-5-4-6-17(13-16)33-2/h4-13,23,29-30H,1-3H3/b24-22-. The van der Waals surface area contributed by atoms with E-state index in [-0.39, 0.29) is 22.1 Å². The van der Waals surface area contributed by atoms with Crippen molar-refractivity contribution in [1.82, 2.24) is 0 Å². The Morgan fingerprint density at radius 1 is 0.971 bits per heavy atom. The van der Waals surface area contributed by atoms with Crippen molar-refractivity contribution in [3.8, 4) is 17.2 Å². The van der Waals surface area contributed by atoms with E-state index in [1.807, 2.05) is 0 Å². The molecule has 1 amide bonds. The largest absolute Gasteiger partial charge is 0.507 e. The van der Waals surface area contributed by atoms with Gasteiger partial charge in [0.15, 0.2) is 0 Å². The Hall–Kier alpha value is -3.97. The molecule has 1 heterocycles. The lowest BCUT2D eigenvalue weighted by molar-refractivity contribution is -0.132. The van der Waals surface area contributed by atoms with Crippen molar-refractivity contribution in [2.75, 3.05) is 19.1 Å². The fourth-order valence-corrected chi connectivity index (χ4v) is 4.23. The number of benzene rings is 3. The predicted molar refractivity (Wildman–Crippen MR) is 129 cm³/mol. The highest BCUT2D eigenvalue weighted by Gasteiger charge is 2.47. The molecule has 4 rings (SSSR count). The van der Waals surface area contributed by atoms with E-state index in [1.54, 1.807) is 55.5 Å². The minimum atomic E-state index is -0.994. The first-order valence-electron chi connectivity index (χ1n) is 10.3. The number of phenolic OH excluding ortho intramolecular Hbond substituents is 1. The molecule has 0 saturated carbocycles. The van der Waals surface area contributed by atoms with E-state index >= 15 is 0 Å². The Bertz CT molecular complexity index is 1330. The van der Waals surface area contributed by atoms with Crippen molar-refractivity contribution in [2.45, 2.75) is 13.0 Å². The number of hydrogen-bond acceptors (Lipinski definition) is 6. The fourth-order valence-electron chi connectivity index (χ4n) is 4.04. The van der Waals surface area contributed by atoms with Gasteiger partial charge in [-0.2, -0.15) is 0 Å². The van der Waals surface area contributed by atoms with Crippen LogP contribution in [0.2, 0.25) is 5.02 Å². The Labute approximate surface area is 201 Å². The third kappa shape index (κ3) is 3.95. The highest BCUT2D eigenvalue weighted by molar-refractivity contribution is 6.51. The number of amides is 1. The summed E-state index contributed by atoms with van der Waals surface area (Å²) < 4.78 is 10.5. The molecule has 0 radical (unpaired) electrons. The van der Waals surface area contributed by atoms with Crippen LogP contribution in [-0.2, 0) is 9.59 Å². The predicted octanol–water partition coefficient (Wildman–Crippen LogP) is 5.00. The minimum absolute atomic E-state index is 0.0503. The SMILES string of the molecule is COc1cccc(N2C(=O)C(=O)/C(=C(\O)c3ccc(OC)cc3C)C2c2ccc(O)c(Cl)c2)c1. The van der Waals surface area contributed by atoms with Gasteiger partial charge in [-0.25, -0.2) is 0 Å². The third-order valence-corrected chi connectivity index (χ3v) is 6.05. The zero-order chi connectivity index (χ0) is 24.6. The Balaban J connectivity index is 1.97. The van der Waals surface area contributed by atoms with Crippen molar-refractivity contribution in [1.29, 1.82) is 0 Å². The molecular formula is C26H22ClNO6. The number of hydrogen-bond donors (Lipinski definition) is 2. The number of methoxy groups -OCH3 is 2. The van der Waals surface area contributed by atoms with Gasteiger partial charge in [0, 0.05) is 17.3 Å². The molecule has 1 aliphatic heterocycles. The summed E-state index contributed by atoms with van der Waals surface area (Å²) >= 11 is 6.16. The van der Waals surface area contributed by atoms with Crippen LogP contribution in [0.5, 0.6) is 17.2 Å². The monoisotopic (exact) mass is 479 g/mol. The van der Waals surface area contributed by atoms with Gasteiger partial charge in [-0.15, -0.1) is 0 Å². The normalized spacial score (nSPS) is 17.2. The highest BCUT2D eigenvalue weighted by atomic mass is 35.5. The number of halogens is 1. The molecule has 8 heteroatoms. The number of aryl methyl sites for hydroxylation is 1. The third-order valence-electron chi connectivity index (χ3n) is 5.75. The topological polar surface area (TPSA) is 96.3 Å². The van der Waals surface area contributed by atoms with Gasteiger partial charge in [0.2, 0.25) is 0 Å². The summed E-state index contributed by atoms with van der Waals surface area (Å²) in [7, 11) is 3.03. The zero-order valence-corrected chi connectivity index (χ0v) is 19.5. The van der Waals surface area contributed by atoms with Gasteiger partial charge in [-0.3, -0.25) is 14.5 Å². The molecule has 1 fully saturated rings. The number of rotatable bonds is 5. The summed E-state index contributed by atoms with van der Waals surface area (Å²) in [6.45, 7) is 1.77. The molecule has 3 aromatic rings. The molecular weight excluding hydrogens is 458 g/mol. The average Bonchev–Trinajstić information content (AvgIpc) is 3.10. The first-order chi connectivity index (χ1) is 16.3. The number of aromatic hydroxyl groups is 1. The van der Waals surface area contributed by atoms with Gasteiger partial charge in [0.1, 0.15) is 23.0 Å². The summed E-state index contributed by atoms with van der Waals surface area (Å²) in [6, 6.07) is 15.1. The molecule has 7 nitrogen and oxygen atoms in total. The quantitative estimate of drug-likeness (QED) is 0.304. The number of carbonyl (C=O) groups is 2. The smallest absolute Gasteiger partial charge is 0.300 e. The molecule has 1 unspecified atom stereocenters. The number of ketones is 1. The first kappa shape index (κ1) is 23.2. The van der Waals surface area contributed by atoms with Crippen LogP contribution in [0.4, 0.5) is 5.69 Å². The number of phenols is 1. The van der Waals surface area contributed by atoms with Crippen molar-refractivity contribution < 1.29 is 29.3 Å². The van der Waals surface area contributed by atoms with Crippen LogP contribution in [0.15, 0.2) is 66.2 Å². The molecule has 174 valence electrons. The molecule has 0 aliphatic carbocycles. The Morgan fingerprint density at radius 2 is 1.68 bits per heavy atom. The van der Waals surface area contributed by atoms with Gasteiger partial charge in [-0.05, 0) is 60.5 Å². The summed E-state index contributed by atoms with van der Waals surface area (Å²) in [5, 5.41) is 21.3. The van der Waals surface area contributed by atoms with Crippen molar-refractivity contribution in [2.24, 2.45) is 0 Å². The van der Waals surface area contributed by atoms with Crippen molar-refractivity contribution >= 4 is 34.7 Å². The molecule has 0 spiro atoms. The highest BCUT2D eigenvalue weighted by Crippen LogP contribution is 2.44. The van der Waals surface area contributed by atoms with Crippen LogP contribution in [-0.4, -0.2) is 36.1 Å². The van der Waals surface area contributed by atoms with Crippen LogP contribution >= 0.6 is 11.6 Å². The van der Waals surface area contributed by atoms with Crippen LogP contribution in [0.25, 0.3) is 5.76 Å². The van der Waals surface area contributed by atoms with Crippen LogP contribution in [0, 0.1) is 6.92 Å².